The van der Waals surface area contributed by atoms with Crippen LogP contribution in [0.5, 0.6) is 0 Å². The van der Waals surface area contributed by atoms with Crippen molar-refractivity contribution in [1.82, 2.24) is 0 Å². The second-order valence-corrected chi connectivity index (χ2v) is 14.6. The summed E-state index contributed by atoms with van der Waals surface area (Å²) in [6, 6.07) is 0. The molecule has 1 heteroatoms. The SMILES string of the molecule is CCCCCCCCCC(CCCCCCCCC)SC(CCCCCCCCC)CCCCCCCCC. The van der Waals surface area contributed by atoms with Crippen LogP contribution in [0.3, 0.4) is 0 Å². The molecule has 0 atom stereocenters. The summed E-state index contributed by atoms with van der Waals surface area (Å²) < 4.78 is 0. The highest BCUT2D eigenvalue weighted by Crippen LogP contribution is 2.33. The van der Waals surface area contributed by atoms with Crippen LogP contribution >= 0.6 is 11.8 Å². The van der Waals surface area contributed by atoms with E-state index in [1.54, 1.807) is 0 Å². The van der Waals surface area contributed by atoms with Gasteiger partial charge in [-0.15, -0.1) is 0 Å². The molecule has 0 unspecified atom stereocenters. The molecule has 0 rings (SSSR count). The molecule has 0 spiro atoms. The van der Waals surface area contributed by atoms with Gasteiger partial charge in [0.1, 0.15) is 0 Å². The van der Waals surface area contributed by atoms with Gasteiger partial charge < -0.3 is 0 Å². The summed E-state index contributed by atoms with van der Waals surface area (Å²) in [5.41, 5.74) is 0. The lowest BCUT2D eigenvalue weighted by Crippen LogP contribution is -2.12. The van der Waals surface area contributed by atoms with Crippen molar-refractivity contribution in [2.75, 3.05) is 0 Å². The van der Waals surface area contributed by atoms with E-state index in [0.29, 0.717) is 0 Å². The van der Waals surface area contributed by atoms with E-state index < -0.39 is 0 Å². The van der Waals surface area contributed by atoms with E-state index in [1.165, 1.54) is 205 Å². The Balaban J connectivity index is 4.63. The predicted octanol–water partition coefficient (Wildman–Crippen LogP) is 15.0. The number of hydrogen-bond acceptors (Lipinski definition) is 1. The zero-order valence-corrected chi connectivity index (χ0v) is 29.0. The summed E-state index contributed by atoms with van der Waals surface area (Å²) >= 11 is 2.48. The molecule has 0 radical (unpaired) electrons. The standard InChI is InChI=1S/C38H78S/c1-5-9-13-17-21-25-29-33-37(34-30-26-22-18-14-10-6-2)39-38(35-31-27-23-19-15-11-7-3)36-32-28-24-20-16-12-8-4/h37-38H,5-36H2,1-4H3. The van der Waals surface area contributed by atoms with Gasteiger partial charge in [0, 0.05) is 10.5 Å². The Morgan fingerprint density at radius 2 is 0.436 bits per heavy atom. The van der Waals surface area contributed by atoms with Crippen molar-refractivity contribution < 1.29 is 0 Å². The lowest BCUT2D eigenvalue weighted by Gasteiger charge is -2.24. The van der Waals surface area contributed by atoms with E-state index in [9.17, 15) is 0 Å². The van der Waals surface area contributed by atoms with Gasteiger partial charge >= 0.3 is 0 Å². The third-order valence-corrected chi connectivity index (χ3v) is 10.6. The molecule has 0 aromatic rings. The van der Waals surface area contributed by atoms with Crippen molar-refractivity contribution in [3.8, 4) is 0 Å². The molecule has 0 heterocycles. The lowest BCUT2D eigenvalue weighted by atomic mass is 10.0. The van der Waals surface area contributed by atoms with Crippen LogP contribution < -0.4 is 0 Å². The Morgan fingerprint density at radius 1 is 0.256 bits per heavy atom. The highest BCUT2D eigenvalue weighted by Gasteiger charge is 2.17. The Labute approximate surface area is 254 Å². The Hall–Kier alpha value is 0.350. The Bertz CT molecular complexity index is 345. The van der Waals surface area contributed by atoms with Gasteiger partial charge in [-0.25, -0.2) is 0 Å². The van der Waals surface area contributed by atoms with Crippen LogP contribution in [-0.2, 0) is 0 Å². The number of thioether (sulfide) groups is 1. The number of hydrogen-bond donors (Lipinski definition) is 0. The molecule has 0 saturated heterocycles. The molecule has 39 heavy (non-hydrogen) atoms. The summed E-state index contributed by atoms with van der Waals surface area (Å²) in [7, 11) is 0. The first-order chi connectivity index (χ1) is 19.3. The van der Waals surface area contributed by atoms with Crippen LogP contribution in [0.4, 0.5) is 0 Å². The van der Waals surface area contributed by atoms with Crippen LogP contribution in [0.1, 0.15) is 233 Å². The highest BCUT2D eigenvalue weighted by atomic mass is 32.2. The van der Waals surface area contributed by atoms with E-state index >= 15 is 0 Å². The van der Waals surface area contributed by atoms with E-state index in [0.717, 1.165) is 10.5 Å². The summed E-state index contributed by atoms with van der Waals surface area (Å²) in [6.07, 6.45) is 46.8. The quantitative estimate of drug-likeness (QED) is 0.0698. The summed E-state index contributed by atoms with van der Waals surface area (Å²) in [4.78, 5) is 0. The largest absolute Gasteiger partial charge is 0.155 e. The maximum atomic E-state index is 2.48. The fourth-order valence-electron chi connectivity index (χ4n) is 6.15. The van der Waals surface area contributed by atoms with Crippen molar-refractivity contribution in [2.24, 2.45) is 0 Å². The molecule has 0 aliphatic heterocycles. The minimum atomic E-state index is 0.940. The van der Waals surface area contributed by atoms with Crippen molar-refractivity contribution in [2.45, 2.75) is 244 Å². The molecule has 0 bridgehead atoms. The lowest BCUT2D eigenvalue weighted by molar-refractivity contribution is 0.523. The fourth-order valence-corrected chi connectivity index (χ4v) is 7.90. The zero-order chi connectivity index (χ0) is 28.5. The minimum absolute atomic E-state index is 0.940. The summed E-state index contributed by atoms with van der Waals surface area (Å²) in [5.74, 6) is 0. The van der Waals surface area contributed by atoms with Gasteiger partial charge in [-0.3, -0.25) is 0 Å². The first kappa shape index (κ1) is 39.4. The number of unbranched alkanes of at least 4 members (excludes halogenated alkanes) is 24. The number of rotatable bonds is 34. The van der Waals surface area contributed by atoms with Gasteiger partial charge in [0.05, 0.1) is 0 Å². The molecule has 0 aromatic carbocycles. The second-order valence-electron chi connectivity index (χ2n) is 13.0. The normalized spacial score (nSPS) is 11.8. The summed E-state index contributed by atoms with van der Waals surface area (Å²) in [5, 5.41) is 1.88. The fraction of sp³-hybridized carbons (Fsp3) is 1.00. The monoisotopic (exact) mass is 567 g/mol. The zero-order valence-electron chi connectivity index (χ0n) is 28.2. The second kappa shape index (κ2) is 34.6. The van der Waals surface area contributed by atoms with Crippen LogP contribution in [0.2, 0.25) is 0 Å². The molecule has 0 aliphatic rings. The topological polar surface area (TPSA) is 0 Å². The molecule has 236 valence electrons. The smallest absolute Gasteiger partial charge is 0.00498 e. The average molecular weight is 567 g/mol. The van der Waals surface area contributed by atoms with E-state index in [4.69, 9.17) is 0 Å². The van der Waals surface area contributed by atoms with Crippen LogP contribution in [-0.4, -0.2) is 10.5 Å². The minimum Gasteiger partial charge on any atom is -0.155 e. The maximum Gasteiger partial charge on any atom is 0.00498 e. The first-order valence-electron chi connectivity index (χ1n) is 18.9. The van der Waals surface area contributed by atoms with Crippen LogP contribution in [0.15, 0.2) is 0 Å². The Kier molecular flexibility index (Phi) is 34.9. The predicted molar refractivity (Wildman–Crippen MR) is 186 cm³/mol. The third kappa shape index (κ3) is 31.1. The van der Waals surface area contributed by atoms with Gasteiger partial charge in [-0.1, -0.05) is 207 Å². The van der Waals surface area contributed by atoms with E-state index in [1.807, 2.05) is 0 Å². The van der Waals surface area contributed by atoms with Gasteiger partial charge in [0.2, 0.25) is 0 Å². The molecule has 0 aliphatic carbocycles. The molecule has 0 amide bonds. The third-order valence-electron chi connectivity index (χ3n) is 8.90. The molecule has 0 nitrogen and oxygen atoms in total. The molecular weight excluding hydrogens is 488 g/mol. The molecular formula is C38H78S. The molecule has 0 N–H and O–H groups in total. The van der Waals surface area contributed by atoms with E-state index in [-0.39, 0.29) is 0 Å². The van der Waals surface area contributed by atoms with Crippen molar-refractivity contribution in [1.29, 1.82) is 0 Å². The molecule has 0 saturated carbocycles. The maximum absolute atomic E-state index is 2.48. The van der Waals surface area contributed by atoms with E-state index in [2.05, 4.69) is 39.5 Å². The first-order valence-corrected chi connectivity index (χ1v) is 19.9. The van der Waals surface area contributed by atoms with Gasteiger partial charge in [0.25, 0.3) is 0 Å². The van der Waals surface area contributed by atoms with Gasteiger partial charge in [-0.05, 0) is 25.7 Å². The van der Waals surface area contributed by atoms with Gasteiger partial charge in [0.15, 0.2) is 0 Å². The van der Waals surface area contributed by atoms with Crippen molar-refractivity contribution in [3.05, 3.63) is 0 Å². The summed E-state index contributed by atoms with van der Waals surface area (Å²) in [6.45, 7) is 9.34. The molecule has 0 aromatic heterocycles. The highest BCUT2D eigenvalue weighted by molar-refractivity contribution is 8.00. The van der Waals surface area contributed by atoms with Crippen LogP contribution in [0, 0.1) is 0 Å². The van der Waals surface area contributed by atoms with Gasteiger partial charge in [-0.2, -0.15) is 11.8 Å². The average Bonchev–Trinajstić information content (AvgIpc) is 2.94. The van der Waals surface area contributed by atoms with Crippen molar-refractivity contribution in [3.63, 3.8) is 0 Å². The van der Waals surface area contributed by atoms with Crippen LogP contribution in [0.25, 0.3) is 0 Å². The molecule has 0 fully saturated rings. The Morgan fingerprint density at radius 3 is 0.641 bits per heavy atom. The van der Waals surface area contributed by atoms with Crippen molar-refractivity contribution >= 4 is 11.8 Å².